The third-order valence-corrected chi connectivity index (χ3v) is 18.1. The molecule has 0 aliphatic rings. The molecule has 0 atom stereocenters. The molecule has 19 rings (SSSR count). The van der Waals surface area contributed by atoms with Crippen LogP contribution in [0.1, 0.15) is 0 Å². The molecule has 0 aliphatic carbocycles. The molecule has 19 aromatic rings. The van der Waals surface area contributed by atoms with E-state index in [1.54, 1.807) is 0 Å². The van der Waals surface area contributed by atoms with E-state index in [1.165, 1.54) is 0 Å². The summed E-state index contributed by atoms with van der Waals surface area (Å²) in [4.78, 5) is 40.5. The average molecular weight is 1380 g/mol. The minimum Gasteiger partial charge on any atom is -0.456 e. The highest BCUT2D eigenvalue weighted by molar-refractivity contribution is 6.29. The number of benzene rings is 13. The lowest BCUT2D eigenvalue weighted by atomic mass is 9.93. The van der Waals surface area contributed by atoms with Gasteiger partial charge in [0.05, 0.1) is 0 Å². The maximum atomic E-state index is 6.42. The van der Waals surface area contributed by atoms with Gasteiger partial charge in [-0.1, -0.05) is 261 Å². The molecule has 102 heavy (non-hydrogen) atoms. The number of para-hydroxylation sites is 3. The Labute approximate surface area is 598 Å². The maximum Gasteiger partial charge on any atom is 0.226 e. The van der Waals surface area contributed by atoms with Gasteiger partial charge in [-0.25, -0.2) is 15.0 Å². The van der Waals surface area contributed by atoms with E-state index in [-0.39, 0.29) is 15.9 Å². The summed E-state index contributed by atoms with van der Waals surface area (Å²) >= 11 is 18.9. The summed E-state index contributed by atoms with van der Waals surface area (Å²) in [5.41, 5.74) is 19.0. The first kappa shape index (κ1) is 62.7. The molecule has 484 valence electrons. The van der Waals surface area contributed by atoms with Gasteiger partial charge in [-0.3, -0.25) is 0 Å². The molecule has 0 saturated heterocycles. The molecule has 0 radical (unpaired) electrons. The first-order valence-electron chi connectivity index (χ1n) is 32.8. The Bertz CT molecular complexity index is 6300. The van der Waals surface area contributed by atoms with E-state index in [4.69, 9.17) is 58.0 Å². The first-order chi connectivity index (χ1) is 50.2. The quantitative estimate of drug-likeness (QED) is 0.128. The molecule has 13 aromatic carbocycles. The zero-order chi connectivity index (χ0) is 68.5. The smallest absolute Gasteiger partial charge is 0.226 e. The molecular formula is C87H52Cl3N9O3. The fourth-order valence-electron chi connectivity index (χ4n) is 12.9. The standard InChI is InChI=1S/C33H20ClN3O.2C27H16ClN3O/c34-33-36-31(22-12-5-2-6-13-22)35-32(37-33)25-19-23(21-10-3-1-4-11-21)18-24(20-25)26-15-9-17-29-30(26)27-14-7-8-16-28(27)38-29;28-27-30-25(18-11-5-2-6-12-18)29-26(31-27)21-15-8-16-22-23(21)20-14-7-13-19(24(20)32-22)17-9-3-1-4-10-17;28-27-30-25(18-6-2-1-3-7-18)29-26(31-27)19-12-10-17(11-13-19)20-14-15-24-22(16-20)21-8-4-5-9-23(21)32-24/h1-20H;2*1-16H. The highest BCUT2D eigenvalue weighted by atomic mass is 35.5. The lowest BCUT2D eigenvalue weighted by Crippen LogP contribution is -1.98. The van der Waals surface area contributed by atoms with Crippen molar-refractivity contribution in [2.75, 3.05) is 0 Å². The van der Waals surface area contributed by atoms with Crippen LogP contribution in [0.3, 0.4) is 0 Å². The zero-order valence-corrected chi connectivity index (χ0v) is 56.2. The van der Waals surface area contributed by atoms with Crippen LogP contribution in [0.15, 0.2) is 329 Å². The highest BCUT2D eigenvalue weighted by Gasteiger charge is 2.21. The number of aromatic nitrogens is 9. The monoisotopic (exact) mass is 1380 g/mol. The van der Waals surface area contributed by atoms with E-state index in [2.05, 4.69) is 132 Å². The van der Waals surface area contributed by atoms with E-state index >= 15 is 0 Å². The summed E-state index contributed by atoms with van der Waals surface area (Å²) in [5, 5.41) is 6.85. The molecule has 15 heteroatoms. The number of halogens is 3. The number of rotatable bonds is 10. The molecule has 0 unspecified atom stereocenters. The summed E-state index contributed by atoms with van der Waals surface area (Å²) in [6.07, 6.45) is 0. The van der Waals surface area contributed by atoms with Gasteiger partial charge in [-0.2, -0.15) is 29.9 Å². The summed E-state index contributed by atoms with van der Waals surface area (Å²) in [7, 11) is 0. The van der Waals surface area contributed by atoms with Crippen LogP contribution in [0.25, 0.3) is 179 Å². The third-order valence-electron chi connectivity index (χ3n) is 17.6. The van der Waals surface area contributed by atoms with Crippen LogP contribution < -0.4 is 0 Å². The van der Waals surface area contributed by atoms with E-state index in [0.29, 0.717) is 34.9 Å². The Morgan fingerprint density at radius 1 is 0.186 bits per heavy atom. The molecule has 0 aliphatic heterocycles. The molecular weight excluding hydrogens is 1330 g/mol. The van der Waals surface area contributed by atoms with E-state index in [9.17, 15) is 0 Å². The predicted molar refractivity (Wildman–Crippen MR) is 411 cm³/mol. The molecule has 0 fully saturated rings. The number of nitrogens with zero attached hydrogens (tertiary/aromatic N) is 9. The van der Waals surface area contributed by atoms with Crippen LogP contribution in [-0.4, -0.2) is 44.9 Å². The number of furan rings is 3. The third kappa shape index (κ3) is 12.7. The molecule has 0 N–H and O–H groups in total. The van der Waals surface area contributed by atoms with E-state index < -0.39 is 0 Å². The predicted octanol–water partition coefficient (Wildman–Crippen LogP) is 23.9. The van der Waals surface area contributed by atoms with Crippen LogP contribution in [0.4, 0.5) is 0 Å². The SMILES string of the molecule is Clc1nc(-c2ccccc2)nc(-c2cc(-c3ccccc3)cc(-c3cccc4oc5ccccc5c34)c2)n1.Clc1nc(-c2ccccc2)nc(-c2ccc(-c3ccc4oc5ccccc5c4c3)cc2)n1.Clc1nc(-c2ccccc2)nc(-c2cccc3oc4c(-c5ccccc5)cccc4c23)n1. The van der Waals surface area contributed by atoms with Crippen molar-refractivity contribution in [3.05, 3.63) is 331 Å². The van der Waals surface area contributed by atoms with Crippen LogP contribution in [-0.2, 0) is 0 Å². The lowest BCUT2D eigenvalue weighted by Gasteiger charge is -2.12. The Kier molecular flexibility index (Phi) is 16.9. The summed E-state index contributed by atoms with van der Waals surface area (Å²) < 4.78 is 18.5. The largest absolute Gasteiger partial charge is 0.456 e. The van der Waals surface area contributed by atoms with Gasteiger partial charge in [0.25, 0.3) is 0 Å². The van der Waals surface area contributed by atoms with E-state index in [0.717, 1.165) is 144 Å². The second-order valence-electron chi connectivity index (χ2n) is 24.0. The molecule has 0 amide bonds. The van der Waals surface area contributed by atoms with Crippen LogP contribution >= 0.6 is 34.8 Å². The molecule has 6 heterocycles. The Hall–Kier alpha value is -12.8. The molecule has 0 spiro atoms. The summed E-state index contributed by atoms with van der Waals surface area (Å²) in [5.74, 6) is 3.22. The average Bonchev–Trinajstić information content (AvgIpc) is 1.56. The van der Waals surface area contributed by atoms with Gasteiger partial charge in [-0.15, -0.1) is 0 Å². The normalized spacial score (nSPS) is 11.3. The van der Waals surface area contributed by atoms with Gasteiger partial charge in [0, 0.05) is 71.3 Å². The van der Waals surface area contributed by atoms with Crippen LogP contribution in [0.2, 0.25) is 15.9 Å². The van der Waals surface area contributed by atoms with Gasteiger partial charge < -0.3 is 13.3 Å². The molecule has 12 nitrogen and oxygen atoms in total. The summed E-state index contributed by atoms with van der Waals surface area (Å²) in [6.45, 7) is 0. The minimum absolute atomic E-state index is 0.156. The molecule has 0 saturated carbocycles. The van der Waals surface area contributed by atoms with Crippen LogP contribution in [0, 0.1) is 0 Å². The topological polar surface area (TPSA) is 155 Å². The first-order valence-corrected chi connectivity index (χ1v) is 33.9. The second kappa shape index (κ2) is 27.5. The van der Waals surface area contributed by atoms with Crippen molar-refractivity contribution in [1.29, 1.82) is 0 Å². The Morgan fingerprint density at radius 3 is 1.13 bits per heavy atom. The van der Waals surface area contributed by atoms with Gasteiger partial charge in [-0.05, 0) is 128 Å². The zero-order valence-electron chi connectivity index (χ0n) is 53.9. The van der Waals surface area contributed by atoms with Gasteiger partial charge in [0.2, 0.25) is 15.9 Å². The Balaban J connectivity index is 0.000000114. The van der Waals surface area contributed by atoms with E-state index in [1.807, 2.05) is 218 Å². The fraction of sp³-hybridized carbons (Fsp3) is 0. The molecule has 6 aromatic heterocycles. The minimum atomic E-state index is 0.156. The van der Waals surface area contributed by atoms with Gasteiger partial charge in [0.15, 0.2) is 34.9 Å². The van der Waals surface area contributed by atoms with Crippen molar-refractivity contribution in [2.45, 2.75) is 0 Å². The van der Waals surface area contributed by atoms with Crippen LogP contribution in [0.5, 0.6) is 0 Å². The number of hydrogen-bond acceptors (Lipinski definition) is 12. The Morgan fingerprint density at radius 2 is 0.539 bits per heavy atom. The number of hydrogen-bond donors (Lipinski definition) is 0. The lowest BCUT2D eigenvalue weighted by molar-refractivity contribution is 0.668. The van der Waals surface area contributed by atoms with Crippen molar-refractivity contribution in [3.8, 4) is 113 Å². The van der Waals surface area contributed by atoms with Crippen molar-refractivity contribution in [1.82, 2.24) is 44.9 Å². The van der Waals surface area contributed by atoms with Crippen molar-refractivity contribution in [3.63, 3.8) is 0 Å². The van der Waals surface area contributed by atoms with Crippen molar-refractivity contribution < 1.29 is 13.3 Å². The second-order valence-corrected chi connectivity index (χ2v) is 25.0. The van der Waals surface area contributed by atoms with Crippen molar-refractivity contribution >= 4 is 101 Å². The molecule has 0 bridgehead atoms. The van der Waals surface area contributed by atoms with Gasteiger partial charge in [0.1, 0.15) is 33.5 Å². The maximum absolute atomic E-state index is 6.42. The summed E-state index contributed by atoms with van der Waals surface area (Å²) in [6, 6.07) is 105. The van der Waals surface area contributed by atoms with Gasteiger partial charge >= 0.3 is 0 Å². The highest BCUT2D eigenvalue weighted by Crippen LogP contribution is 2.43. The number of fused-ring (bicyclic) bond motifs is 9. The fourth-order valence-corrected chi connectivity index (χ4v) is 13.4. The van der Waals surface area contributed by atoms with Crippen molar-refractivity contribution in [2.24, 2.45) is 0 Å².